The van der Waals surface area contributed by atoms with Gasteiger partial charge in [0.1, 0.15) is 11.6 Å². The van der Waals surface area contributed by atoms with Crippen LogP contribution in [0.1, 0.15) is 30.7 Å². The van der Waals surface area contributed by atoms with Crippen molar-refractivity contribution in [1.82, 2.24) is 15.1 Å². The molecule has 5 nitrogen and oxygen atoms in total. The van der Waals surface area contributed by atoms with Crippen LogP contribution in [0.2, 0.25) is 0 Å². The lowest BCUT2D eigenvalue weighted by Crippen LogP contribution is -2.52. The molecule has 1 aromatic rings. The summed E-state index contributed by atoms with van der Waals surface area (Å²) in [7, 11) is 0. The van der Waals surface area contributed by atoms with Crippen molar-refractivity contribution in [2.75, 3.05) is 31.1 Å². The number of likely N-dealkylation sites (N-methyl/N-ethyl adjacent to an activating group) is 1. The third-order valence-electron chi connectivity index (χ3n) is 4.02. The number of nitrogens with zero attached hydrogens (tertiary/aromatic N) is 5. The maximum absolute atomic E-state index is 9.36. The highest BCUT2D eigenvalue weighted by atomic mass is 15.3. The fourth-order valence-corrected chi connectivity index (χ4v) is 2.61. The average Bonchev–Trinajstić information content (AvgIpc) is 2.41. The summed E-state index contributed by atoms with van der Waals surface area (Å²) in [6.07, 6.45) is 0. The van der Waals surface area contributed by atoms with E-state index >= 15 is 0 Å². The van der Waals surface area contributed by atoms with Crippen LogP contribution in [0.25, 0.3) is 0 Å². The summed E-state index contributed by atoms with van der Waals surface area (Å²) >= 11 is 0. The lowest BCUT2D eigenvalue weighted by atomic mass is 10.1. The molecule has 5 heteroatoms. The van der Waals surface area contributed by atoms with Gasteiger partial charge in [-0.2, -0.15) is 10.4 Å². The molecule has 0 aliphatic carbocycles. The maximum Gasteiger partial charge on any atom is 0.169 e. The molecule has 0 amide bonds. The first-order valence-corrected chi connectivity index (χ1v) is 6.81. The van der Waals surface area contributed by atoms with Crippen molar-refractivity contribution in [3.8, 4) is 6.07 Å². The molecular formula is C14H21N5. The molecule has 0 bridgehead atoms. The quantitative estimate of drug-likeness (QED) is 0.805. The van der Waals surface area contributed by atoms with Gasteiger partial charge in [-0.3, -0.25) is 4.90 Å². The van der Waals surface area contributed by atoms with E-state index in [2.05, 4.69) is 39.9 Å². The van der Waals surface area contributed by atoms with Crippen molar-refractivity contribution >= 4 is 5.82 Å². The Kier molecular flexibility index (Phi) is 4.01. The van der Waals surface area contributed by atoms with Gasteiger partial charge in [0.2, 0.25) is 0 Å². The molecule has 1 unspecified atom stereocenters. The second-order valence-electron chi connectivity index (χ2n) is 5.14. The Morgan fingerprint density at radius 2 is 2.05 bits per heavy atom. The Hall–Kier alpha value is -1.67. The minimum atomic E-state index is 0.480. The molecule has 0 saturated carbocycles. The highest BCUT2D eigenvalue weighted by molar-refractivity contribution is 5.57. The largest absolute Gasteiger partial charge is 0.351 e. The van der Waals surface area contributed by atoms with Crippen molar-refractivity contribution in [1.29, 1.82) is 5.26 Å². The van der Waals surface area contributed by atoms with Crippen LogP contribution in [0.5, 0.6) is 0 Å². The van der Waals surface area contributed by atoms with Gasteiger partial charge in [0.05, 0.1) is 5.69 Å². The number of piperazine rings is 1. The van der Waals surface area contributed by atoms with Gasteiger partial charge in [-0.25, -0.2) is 0 Å². The van der Waals surface area contributed by atoms with Crippen LogP contribution in [0.15, 0.2) is 0 Å². The Morgan fingerprint density at radius 3 is 2.63 bits per heavy atom. The van der Waals surface area contributed by atoms with Gasteiger partial charge in [-0.1, -0.05) is 6.92 Å². The van der Waals surface area contributed by atoms with Crippen molar-refractivity contribution in [3.05, 3.63) is 16.8 Å². The SMILES string of the molecule is CCN1CCN(c2nnc(C)c(C)c2C#N)CC1C. The van der Waals surface area contributed by atoms with E-state index in [1.165, 1.54) is 0 Å². The van der Waals surface area contributed by atoms with E-state index in [0.717, 1.165) is 43.3 Å². The first kappa shape index (κ1) is 13.8. The van der Waals surface area contributed by atoms with Crippen LogP contribution in [0.4, 0.5) is 5.82 Å². The zero-order valence-electron chi connectivity index (χ0n) is 12.1. The first-order chi connectivity index (χ1) is 9.08. The molecule has 1 fully saturated rings. The van der Waals surface area contributed by atoms with Gasteiger partial charge in [0, 0.05) is 25.7 Å². The second kappa shape index (κ2) is 5.54. The third-order valence-corrected chi connectivity index (χ3v) is 4.02. The number of hydrogen-bond acceptors (Lipinski definition) is 5. The van der Waals surface area contributed by atoms with E-state index in [9.17, 15) is 5.26 Å². The van der Waals surface area contributed by atoms with E-state index in [1.807, 2.05) is 13.8 Å². The van der Waals surface area contributed by atoms with Crippen LogP contribution in [-0.2, 0) is 0 Å². The summed E-state index contributed by atoms with van der Waals surface area (Å²) in [6, 6.07) is 2.76. The molecular weight excluding hydrogens is 238 g/mol. The van der Waals surface area contributed by atoms with Crippen molar-refractivity contribution < 1.29 is 0 Å². The number of aromatic nitrogens is 2. The van der Waals surface area contributed by atoms with Crippen LogP contribution in [-0.4, -0.2) is 47.3 Å². The van der Waals surface area contributed by atoms with Gasteiger partial charge in [-0.05, 0) is 32.9 Å². The standard InChI is InChI=1S/C14H21N5/c1-5-18-6-7-19(9-10(18)2)14-13(8-15)11(3)12(4)16-17-14/h10H,5-7,9H2,1-4H3. The topological polar surface area (TPSA) is 56.1 Å². The molecule has 0 radical (unpaired) electrons. The summed E-state index contributed by atoms with van der Waals surface area (Å²) in [5.41, 5.74) is 2.45. The van der Waals surface area contributed by atoms with Crippen LogP contribution < -0.4 is 4.90 Å². The monoisotopic (exact) mass is 259 g/mol. The third kappa shape index (κ3) is 2.54. The molecule has 1 saturated heterocycles. The molecule has 0 aromatic carbocycles. The van der Waals surface area contributed by atoms with E-state index in [0.29, 0.717) is 11.6 Å². The van der Waals surface area contributed by atoms with Crippen LogP contribution in [0.3, 0.4) is 0 Å². The fourth-order valence-electron chi connectivity index (χ4n) is 2.61. The van der Waals surface area contributed by atoms with Gasteiger partial charge in [-0.15, -0.1) is 5.10 Å². The predicted molar refractivity (Wildman–Crippen MR) is 75.1 cm³/mol. The normalized spacial score (nSPS) is 20.4. The highest BCUT2D eigenvalue weighted by Crippen LogP contribution is 2.23. The molecule has 0 N–H and O–H groups in total. The Balaban J connectivity index is 2.29. The molecule has 102 valence electrons. The fraction of sp³-hybridized carbons (Fsp3) is 0.643. The molecule has 19 heavy (non-hydrogen) atoms. The number of rotatable bonds is 2. The molecule has 1 aliphatic heterocycles. The van der Waals surface area contributed by atoms with E-state index in [-0.39, 0.29) is 0 Å². The summed E-state index contributed by atoms with van der Waals surface area (Å²) < 4.78 is 0. The van der Waals surface area contributed by atoms with Crippen molar-refractivity contribution in [2.24, 2.45) is 0 Å². The molecule has 0 spiro atoms. The number of aryl methyl sites for hydroxylation is 1. The minimum absolute atomic E-state index is 0.480. The zero-order valence-corrected chi connectivity index (χ0v) is 12.1. The molecule has 2 heterocycles. The molecule has 1 aromatic heterocycles. The highest BCUT2D eigenvalue weighted by Gasteiger charge is 2.26. The summed E-state index contributed by atoms with van der Waals surface area (Å²) in [6.45, 7) is 12.1. The summed E-state index contributed by atoms with van der Waals surface area (Å²) in [5.74, 6) is 0.744. The minimum Gasteiger partial charge on any atom is -0.351 e. The molecule has 1 atom stereocenters. The second-order valence-corrected chi connectivity index (χ2v) is 5.14. The lowest BCUT2D eigenvalue weighted by molar-refractivity contribution is 0.199. The van der Waals surface area contributed by atoms with E-state index in [1.54, 1.807) is 0 Å². The van der Waals surface area contributed by atoms with Crippen LogP contribution in [0, 0.1) is 25.2 Å². The summed E-state index contributed by atoms with van der Waals surface area (Å²) in [5, 5.41) is 17.8. The Morgan fingerprint density at radius 1 is 1.32 bits per heavy atom. The van der Waals surface area contributed by atoms with Crippen LogP contribution >= 0.6 is 0 Å². The zero-order chi connectivity index (χ0) is 14.0. The van der Waals surface area contributed by atoms with E-state index in [4.69, 9.17) is 0 Å². The van der Waals surface area contributed by atoms with Gasteiger partial charge >= 0.3 is 0 Å². The number of anilines is 1. The van der Waals surface area contributed by atoms with Gasteiger partial charge in [0.25, 0.3) is 0 Å². The van der Waals surface area contributed by atoms with Crippen molar-refractivity contribution in [2.45, 2.75) is 33.7 Å². The van der Waals surface area contributed by atoms with Gasteiger partial charge < -0.3 is 4.90 Å². The smallest absolute Gasteiger partial charge is 0.169 e. The number of nitriles is 1. The average molecular weight is 259 g/mol. The number of hydrogen-bond donors (Lipinski definition) is 0. The molecule has 2 rings (SSSR count). The Bertz CT molecular complexity index is 505. The lowest BCUT2D eigenvalue weighted by Gasteiger charge is -2.40. The maximum atomic E-state index is 9.36. The Labute approximate surface area is 114 Å². The molecule has 1 aliphatic rings. The van der Waals surface area contributed by atoms with E-state index < -0.39 is 0 Å². The van der Waals surface area contributed by atoms with Crippen molar-refractivity contribution in [3.63, 3.8) is 0 Å². The first-order valence-electron chi connectivity index (χ1n) is 6.81. The predicted octanol–water partition coefficient (Wildman–Crippen LogP) is 1.50. The van der Waals surface area contributed by atoms with Gasteiger partial charge in [0.15, 0.2) is 5.82 Å². The summed E-state index contributed by atoms with van der Waals surface area (Å²) in [4.78, 5) is 4.63.